The van der Waals surface area contributed by atoms with E-state index in [1.807, 2.05) is 13.8 Å². The number of hydrogen-bond donors (Lipinski definition) is 3. The van der Waals surface area contributed by atoms with Crippen molar-refractivity contribution in [1.29, 1.82) is 0 Å². The molecular formula is C17H28N4O5S. The number of amides is 1. The van der Waals surface area contributed by atoms with Gasteiger partial charge in [0.2, 0.25) is 5.91 Å². The first-order chi connectivity index (χ1) is 12.6. The smallest absolute Gasteiger partial charge is 0.323 e. The highest BCUT2D eigenvalue weighted by Gasteiger charge is 2.37. The molecule has 1 saturated heterocycles. The Morgan fingerprint density at radius 2 is 2.19 bits per heavy atom. The highest BCUT2D eigenvalue weighted by molar-refractivity contribution is 7.88. The summed E-state index contributed by atoms with van der Waals surface area (Å²) in [7, 11) is -4.05. The number of nitrogens with two attached hydrogens (primary N) is 1. The normalized spacial score (nSPS) is 23.0. The lowest BCUT2D eigenvalue weighted by atomic mass is 10.0. The van der Waals surface area contributed by atoms with Crippen molar-refractivity contribution in [3.8, 4) is 0 Å². The van der Waals surface area contributed by atoms with Gasteiger partial charge in [0.1, 0.15) is 0 Å². The molecule has 27 heavy (non-hydrogen) atoms. The number of carbonyl (C=O) groups is 1. The van der Waals surface area contributed by atoms with Crippen LogP contribution in [-0.4, -0.2) is 55.0 Å². The standard InChI is InChI=1S/C17H28N4O5S/c1-12(2)10-13(18)17(23)19-14-6-5-8-20(11-15(14)22)27(25,26)16-7-3-4-9-21(16)24/h3-4,7,9,12-15,22H,5-6,8,10-11,18H2,1-2H3,(H,19,23)/t13-,14?,15?/m0/s1. The number of carbonyl (C=O) groups excluding carboxylic acids is 1. The Hall–Kier alpha value is -1.75. The molecule has 1 fully saturated rings. The summed E-state index contributed by atoms with van der Waals surface area (Å²) in [6.07, 6.45) is 1.39. The van der Waals surface area contributed by atoms with Gasteiger partial charge in [-0.05, 0) is 31.2 Å². The molecule has 2 rings (SSSR count). The Labute approximate surface area is 159 Å². The SMILES string of the molecule is CC(C)C[C@H](N)C(=O)NC1CCCN(S(=O)(=O)c2cccc[n+]2[O-])CC1O. The molecule has 1 amide bonds. The largest absolute Gasteiger partial charge is 0.618 e. The third-order valence-electron chi connectivity index (χ3n) is 4.56. The monoisotopic (exact) mass is 400 g/mol. The lowest BCUT2D eigenvalue weighted by molar-refractivity contribution is -0.646. The molecule has 1 aromatic rings. The number of aliphatic hydroxyl groups is 1. The molecule has 1 aromatic heterocycles. The van der Waals surface area contributed by atoms with Crippen LogP contribution in [0.4, 0.5) is 0 Å². The van der Waals surface area contributed by atoms with Gasteiger partial charge in [0.15, 0.2) is 6.20 Å². The first-order valence-electron chi connectivity index (χ1n) is 9.05. The van der Waals surface area contributed by atoms with E-state index in [2.05, 4.69) is 5.32 Å². The van der Waals surface area contributed by atoms with Crippen LogP contribution in [0.1, 0.15) is 33.1 Å². The van der Waals surface area contributed by atoms with Crippen molar-refractivity contribution in [1.82, 2.24) is 9.62 Å². The van der Waals surface area contributed by atoms with E-state index in [1.54, 1.807) is 0 Å². The number of aliphatic hydroxyl groups excluding tert-OH is 1. The molecule has 10 heteroatoms. The second-order valence-electron chi connectivity index (χ2n) is 7.29. The summed E-state index contributed by atoms with van der Waals surface area (Å²) >= 11 is 0. The van der Waals surface area contributed by atoms with E-state index in [0.717, 1.165) is 10.5 Å². The fraction of sp³-hybridized carbons (Fsp3) is 0.647. The van der Waals surface area contributed by atoms with Crippen molar-refractivity contribution in [3.63, 3.8) is 0 Å². The minimum absolute atomic E-state index is 0.151. The topological polar surface area (TPSA) is 140 Å². The molecule has 0 radical (unpaired) electrons. The summed E-state index contributed by atoms with van der Waals surface area (Å²) in [6.45, 7) is 3.87. The first kappa shape index (κ1) is 21.5. The molecule has 1 aliphatic rings. The predicted molar refractivity (Wildman–Crippen MR) is 98.8 cm³/mol. The summed E-state index contributed by atoms with van der Waals surface area (Å²) in [5.74, 6) is -0.0976. The van der Waals surface area contributed by atoms with Gasteiger partial charge in [0.25, 0.3) is 0 Å². The van der Waals surface area contributed by atoms with Crippen LogP contribution in [0, 0.1) is 11.1 Å². The van der Waals surface area contributed by atoms with E-state index in [1.165, 1.54) is 18.2 Å². The maximum atomic E-state index is 12.8. The summed E-state index contributed by atoms with van der Waals surface area (Å²) in [5, 5.41) is 24.6. The van der Waals surface area contributed by atoms with Gasteiger partial charge in [-0.25, -0.2) is 8.42 Å². The van der Waals surface area contributed by atoms with Crippen LogP contribution in [0.15, 0.2) is 29.4 Å². The zero-order valence-corrected chi connectivity index (χ0v) is 16.4. The molecule has 152 valence electrons. The van der Waals surface area contributed by atoms with Gasteiger partial charge in [-0.15, -0.1) is 0 Å². The highest BCUT2D eigenvalue weighted by Crippen LogP contribution is 2.19. The highest BCUT2D eigenvalue weighted by atomic mass is 32.2. The number of sulfonamides is 1. The molecule has 2 unspecified atom stereocenters. The average molecular weight is 401 g/mol. The van der Waals surface area contributed by atoms with Crippen molar-refractivity contribution in [2.24, 2.45) is 11.7 Å². The van der Waals surface area contributed by atoms with Crippen LogP contribution in [0.25, 0.3) is 0 Å². The average Bonchev–Trinajstić information content (AvgIpc) is 2.77. The lowest BCUT2D eigenvalue weighted by Crippen LogP contribution is -2.52. The number of nitrogens with one attached hydrogen (secondary N) is 1. The molecule has 0 spiro atoms. The number of aromatic nitrogens is 1. The van der Waals surface area contributed by atoms with E-state index in [0.29, 0.717) is 19.3 Å². The second kappa shape index (κ2) is 8.96. The van der Waals surface area contributed by atoms with Crippen molar-refractivity contribution < 1.29 is 23.0 Å². The predicted octanol–water partition coefficient (Wildman–Crippen LogP) is -0.676. The van der Waals surface area contributed by atoms with Crippen molar-refractivity contribution >= 4 is 15.9 Å². The maximum absolute atomic E-state index is 12.8. The Balaban J connectivity index is 2.08. The zero-order valence-electron chi connectivity index (χ0n) is 15.6. The van der Waals surface area contributed by atoms with Crippen molar-refractivity contribution in [2.45, 2.75) is 56.3 Å². The Bertz CT molecular complexity index is 755. The molecule has 4 N–H and O–H groups in total. The van der Waals surface area contributed by atoms with Crippen LogP contribution in [0.3, 0.4) is 0 Å². The quantitative estimate of drug-likeness (QED) is 0.427. The van der Waals surface area contributed by atoms with Gasteiger partial charge in [0, 0.05) is 25.2 Å². The van der Waals surface area contributed by atoms with Crippen molar-refractivity contribution in [2.75, 3.05) is 13.1 Å². The maximum Gasteiger partial charge on any atom is 0.323 e. The van der Waals surface area contributed by atoms with E-state index in [4.69, 9.17) is 5.73 Å². The molecular weight excluding hydrogens is 372 g/mol. The molecule has 3 atom stereocenters. The van der Waals surface area contributed by atoms with Crippen molar-refractivity contribution in [3.05, 3.63) is 29.6 Å². The van der Waals surface area contributed by atoms with Crippen LogP contribution in [0.2, 0.25) is 0 Å². The van der Waals surface area contributed by atoms with Gasteiger partial charge < -0.3 is 21.4 Å². The van der Waals surface area contributed by atoms with E-state index in [9.17, 15) is 23.5 Å². The van der Waals surface area contributed by atoms with Gasteiger partial charge in [-0.2, -0.15) is 9.04 Å². The summed E-state index contributed by atoms with van der Waals surface area (Å²) in [6, 6.07) is 2.86. The second-order valence-corrected chi connectivity index (χ2v) is 9.17. The fourth-order valence-electron chi connectivity index (χ4n) is 3.14. The summed E-state index contributed by atoms with van der Waals surface area (Å²) < 4.78 is 26.9. The molecule has 0 aliphatic carbocycles. The zero-order chi connectivity index (χ0) is 20.2. The van der Waals surface area contributed by atoms with Gasteiger partial charge in [0.05, 0.1) is 18.2 Å². The van der Waals surface area contributed by atoms with E-state index >= 15 is 0 Å². The third kappa shape index (κ3) is 5.38. The Morgan fingerprint density at radius 3 is 2.81 bits per heavy atom. The molecule has 0 bridgehead atoms. The number of rotatable bonds is 6. The van der Waals surface area contributed by atoms with Crippen LogP contribution in [0.5, 0.6) is 0 Å². The van der Waals surface area contributed by atoms with Crippen LogP contribution in [-0.2, 0) is 14.8 Å². The van der Waals surface area contributed by atoms with Crippen LogP contribution >= 0.6 is 0 Å². The molecule has 9 nitrogen and oxygen atoms in total. The fourth-order valence-corrected chi connectivity index (χ4v) is 4.66. The summed E-state index contributed by atoms with van der Waals surface area (Å²) in [5.41, 5.74) is 5.87. The first-order valence-corrected chi connectivity index (χ1v) is 10.5. The number of hydrogen-bond acceptors (Lipinski definition) is 6. The van der Waals surface area contributed by atoms with Gasteiger partial charge >= 0.3 is 15.0 Å². The molecule has 2 heterocycles. The Morgan fingerprint density at radius 1 is 1.48 bits per heavy atom. The summed E-state index contributed by atoms with van der Waals surface area (Å²) in [4.78, 5) is 12.2. The molecule has 1 aliphatic heterocycles. The van der Waals surface area contributed by atoms with Crippen LogP contribution < -0.4 is 15.8 Å². The number of β-amino-alcohol motifs (C(OH)–C–C–N with tert-alkyl or cyclic N) is 1. The molecule has 0 aromatic carbocycles. The number of nitrogens with zero attached hydrogens (tertiary/aromatic N) is 2. The van der Waals surface area contributed by atoms with Gasteiger partial charge in [-0.1, -0.05) is 13.8 Å². The van der Waals surface area contributed by atoms with E-state index in [-0.39, 0.29) is 29.6 Å². The molecule has 0 saturated carbocycles. The van der Waals surface area contributed by atoms with E-state index < -0.39 is 33.2 Å². The minimum Gasteiger partial charge on any atom is -0.618 e. The van der Waals surface area contributed by atoms with Gasteiger partial charge in [-0.3, -0.25) is 4.79 Å². The minimum atomic E-state index is -4.05. The lowest BCUT2D eigenvalue weighted by Gasteiger charge is -2.25. The Kier molecular flexibility index (Phi) is 7.15. The number of pyridine rings is 1. The third-order valence-corrected chi connectivity index (χ3v) is 6.42.